The largest absolute Gasteiger partial charge is 0.489 e. The lowest BCUT2D eigenvalue weighted by molar-refractivity contribution is -0.137. The van der Waals surface area contributed by atoms with E-state index in [0.29, 0.717) is 16.9 Å². The molecule has 0 spiro atoms. The van der Waals surface area contributed by atoms with E-state index in [2.05, 4.69) is 5.10 Å². The number of nitrogens with two attached hydrogens (primary N) is 1. The molecule has 0 radical (unpaired) electrons. The highest BCUT2D eigenvalue weighted by molar-refractivity contribution is 5.85. The van der Waals surface area contributed by atoms with E-state index in [1.54, 1.807) is 24.3 Å². The molecule has 0 atom stereocenters. The predicted molar refractivity (Wildman–Crippen MR) is 91.9 cm³/mol. The van der Waals surface area contributed by atoms with Gasteiger partial charge in [0, 0.05) is 0 Å². The Kier molecular flexibility index (Phi) is 7.41. The summed E-state index contributed by atoms with van der Waals surface area (Å²) in [5, 5.41) is 11.5. The van der Waals surface area contributed by atoms with E-state index in [9.17, 15) is 13.2 Å². The second kappa shape index (κ2) is 9.05. The van der Waals surface area contributed by atoms with Crippen LogP contribution in [0.4, 0.5) is 13.2 Å². The third kappa shape index (κ3) is 6.44. The summed E-state index contributed by atoms with van der Waals surface area (Å²) in [5.41, 5.74) is 0.637. The van der Waals surface area contributed by atoms with Crippen molar-refractivity contribution >= 4 is 25.0 Å². The average Bonchev–Trinajstić information content (AvgIpc) is 2.58. The standard InChI is InChI=1S/C16H15F3N4O.ClH/c17-16(18,19)14-6-4-12(5-7-14)10-24-15-3-1-2-13(8-15)9-22-23(21)11-20;/h1-9,11,20H,10,21H2;1H/b20-11?,22-9+;. The zero-order valence-electron chi connectivity index (χ0n) is 12.9. The van der Waals surface area contributed by atoms with E-state index >= 15 is 0 Å². The van der Waals surface area contributed by atoms with Crippen LogP contribution < -0.4 is 10.6 Å². The number of hydrazine groups is 1. The second-order valence-corrected chi connectivity index (χ2v) is 4.81. The number of rotatable bonds is 6. The molecule has 0 fully saturated rings. The van der Waals surface area contributed by atoms with E-state index in [-0.39, 0.29) is 19.0 Å². The van der Waals surface area contributed by atoms with Gasteiger partial charge in [0.1, 0.15) is 18.7 Å². The van der Waals surface area contributed by atoms with Gasteiger partial charge in [-0.3, -0.25) is 5.41 Å². The third-order valence-corrected chi connectivity index (χ3v) is 3.02. The number of nitrogens with one attached hydrogen (secondary N) is 1. The van der Waals surface area contributed by atoms with Crippen molar-refractivity contribution < 1.29 is 17.9 Å². The fraction of sp³-hybridized carbons (Fsp3) is 0.125. The molecule has 0 saturated carbocycles. The number of hydrogen-bond acceptors (Lipinski definition) is 4. The van der Waals surface area contributed by atoms with E-state index < -0.39 is 11.7 Å². The van der Waals surface area contributed by atoms with Crippen molar-refractivity contribution in [1.82, 2.24) is 5.12 Å². The summed E-state index contributed by atoms with van der Waals surface area (Å²) < 4.78 is 43.1. The maximum atomic E-state index is 12.5. The molecule has 0 heterocycles. The molecular weight excluding hydrogens is 357 g/mol. The van der Waals surface area contributed by atoms with Crippen LogP contribution in [0.3, 0.4) is 0 Å². The minimum atomic E-state index is -4.35. The Morgan fingerprint density at radius 3 is 2.44 bits per heavy atom. The maximum Gasteiger partial charge on any atom is 0.416 e. The van der Waals surface area contributed by atoms with Crippen molar-refractivity contribution in [2.75, 3.05) is 0 Å². The van der Waals surface area contributed by atoms with Crippen LogP contribution >= 0.6 is 12.4 Å². The van der Waals surface area contributed by atoms with Gasteiger partial charge in [-0.2, -0.15) is 23.4 Å². The van der Waals surface area contributed by atoms with Gasteiger partial charge in [0.15, 0.2) is 0 Å². The topological polar surface area (TPSA) is 74.7 Å². The quantitative estimate of drug-likeness (QED) is 0.350. The Bertz CT molecular complexity index is 720. The highest BCUT2D eigenvalue weighted by Crippen LogP contribution is 2.29. The molecule has 0 aliphatic rings. The van der Waals surface area contributed by atoms with Crippen molar-refractivity contribution in [3.8, 4) is 5.75 Å². The van der Waals surface area contributed by atoms with Gasteiger partial charge in [0.2, 0.25) is 0 Å². The van der Waals surface area contributed by atoms with Gasteiger partial charge in [0.05, 0.1) is 11.8 Å². The first-order valence-corrected chi connectivity index (χ1v) is 6.86. The average molecular weight is 373 g/mol. The molecule has 0 aromatic heterocycles. The normalized spacial score (nSPS) is 11.0. The van der Waals surface area contributed by atoms with Gasteiger partial charge in [-0.25, -0.2) is 5.84 Å². The first-order chi connectivity index (χ1) is 11.4. The lowest BCUT2D eigenvalue weighted by atomic mass is 10.1. The number of halogens is 4. The second-order valence-electron chi connectivity index (χ2n) is 4.81. The van der Waals surface area contributed by atoms with Crippen LogP contribution in [-0.4, -0.2) is 17.7 Å². The smallest absolute Gasteiger partial charge is 0.416 e. The van der Waals surface area contributed by atoms with E-state index in [1.165, 1.54) is 18.3 Å². The number of benzene rings is 2. The fourth-order valence-corrected chi connectivity index (χ4v) is 1.81. The SMILES string of the molecule is Cl.N=CN(N)/N=C/c1cccc(OCc2ccc(C(F)(F)F)cc2)c1. The Labute approximate surface area is 148 Å². The summed E-state index contributed by atoms with van der Waals surface area (Å²) in [5.74, 6) is 5.86. The summed E-state index contributed by atoms with van der Waals surface area (Å²) in [7, 11) is 0. The molecular formula is C16H16ClF3N4O. The van der Waals surface area contributed by atoms with Crippen LogP contribution in [0.15, 0.2) is 53.6 Å². The zero-order valence-corrected chi connectivity index (χ0v) is 13.7. The molecule has 2 rings (SSSR count). The maximum absolute atomic E-state index is 12.5. The number of hydrogen-bond donors (Lipinski definition) is 2. The first kappa shape index (κ1) is 20.5. The Morgan fingerprint density at radius 2 is 1.84 bits per heavy atom. The van der Waals surface area contributed by atoms with Gasteiger partial charge in [0.25, 0.3) is 0 Å². The number of ether oxygens (including phenoxy) is 1. The number of hydrazone groups is 1. The first-order valence-electron chi connectivity index (χ1n) is 6.86. The Balaban J connectivity index is 0.00000312. The van der Waals surface area contributed by atoms with Crippen LogP contribution in [0, 0.1) is 5.41 Å². The molecule has 0 bridgehead atoms. The van der Waals surface area contributed by atoms with Crippen molar-refractivity contribution in [3.05, 3.63) is 65.2 Å². The molecule has 0 aliphatic carbocycles. The molecule has 134 valence electrons. The Morgan fingerprint density at radius 1 is 1.16 bits per heavy atom. The molecule has 3 N–H and O–H groups in total. The molecule has 9 heteroatoms. The fourth-order valence-electron chi connectivity index (χ4n) is 1.81. The summed E-state index contributed by atoms with van der Waals surface area (Å²) in [6.45, 7) is 0.141. The molecule has 5 nitrogen and oxygen atoms in total. The predicted octanol–water partition coefficient (Wildman–Crippen LogP) is 3.82. The number of nitrogens with zero attached hydrogens (tertiary/aromatic N) is 2. The van der Waals surface area contributed by atoms with Gasteiger partial charge < -0.3 is 4.74 Å². The lowest BCUT2D eigenvalue weighted by Gasteiger charge is -2.09. The lowest BCUT2D eigenvalue weighted by Crippen LogP contribution is -2.22. The van der Waals surface area contributed by atoms with Crippen LogP contribution in [0.5, 0.6) is 5.75 Å². The molecule has 0 amide bonds. The van der Waals surface area contributed by atoms with Gasteiger partial charge in [-0.1, -0.05) is 24.3 Å². The minimum Gasteiger partial charge on any atom is -0.489 e. The van der Waals surface area contributed by atoms with Crippen LogP contribution in [0.25, 0.3) is 0 Å². The zero-order chi connectivity index (χ0) is 17.6. The van der Waals surface area contributed by atoms with Gasteiger partial charge in [-0.05, 0) is 35.4 Å². The van der Waals surface area contributed by atoms with Crippen LogP contribution in [0.1, 0.15) is 16.7 Å². The molecule has 25 heavy (non-hydrogen) atoms. The molecule has 0 unspecified atom stereocenters. The van der Waals surface area contributed by atoms with Crippen molar-refractivity contribution in [2.24, 2.45) is 10.9 Å². The van der Waals surface area contributed by atoms with Crippen molar-refractivity contribution in [2.45, 2.75) is 12.8 Å². The third-order valence-electron chi connectivity index (χ3n) is 3.02. The van der Waals surface area contributed by atoms with E-state index in [1.807, 2.05) is 0 Å². The van der Waals surface area contributed by atoms with Gasteiger partial charge >= 0.3 is 6.18 Å². The van der Waals surface area contributed by atoms with Crippen molar-refractivity contribution in [1.29, 1.82) is 5.41 Å². The number of alkyl halides is 3. The molecule has 2 aromatic carbocycles. The monoisotopic (exact) mass is 372 g/mol. The summed E-state index contributed by atoms with van der Waals surface area (Å²) in [6.07, 6.45) is -2.04. The minimum absolute atomic E-state index is 0. The highest BCUT2D eigenvalue weighted by Gasteiger charge is 2.29. The Hall–Kier alpha value is -2.58. The summed E-state index contributed by atoms with van der Waals surface area (Å²) >= 11 is 0. The van der Waals surface area contributed by atoms with E-state index in [0.717, 1.165) is 23.6 Å². The highest BCUT2D eigenvalue weighted by atomic mass is 35.5. The molecule has 0 aliphatic heterocycles. The molecule has 0 saturated heterocycles. The van der Waals surface area contributed by atoms with Crippen LogP contribution in [-0.2, 0) is 12.8 Å². The van der Waals surface area contributed by atoms with Gasteiger partial charge in [-0.15, -0.1) is 12.4 Å². The van der Waals surface area contributed by atoms with E-state index in [4.69, 9.17) is 16.0 Å². The van der Waals surface area contributed by atoms with Crippen molar-refractivity contribution in [3.63, 3.8) is 0 Å². The summed E-state index contributed by atoms with van der Waals surface area (Å²) in [4.78, 5) is 0. The summed E-state index contributed by atoms with van der Waals surface area (Å²) in [6, 6.07) is 11.7. The molecule has 2 aromatic rings. The van der Waals surface area contributed by atoms with Crippen LogP contribution in [0.2, 0.25) is 0 Å².